The van der Waals surface area contributed by atoms with Crippen LogP contribution in [-0.4, -0.2) is 162 Å². The molecule has 2 heterocycles. The van der Waals surface area contributed by atoms with Crippen molar-refractivity contribution < 1.29 is 66.7 Å². The first kappa shape index (κ1) is 53.8. The summed E-state index contributed by atoms with van der Waals surface area (Å²) in [5.74, 6) is -1.96. The van der Waals surface area contributed by atoms with E-state index in [2.05, 4.69) is 41.8 Å². The fourth-order valence-electron chi connectivity index (χ4n) is 7.25. The molecule has 1 fully saturated rings. The summed E-state index contributed by atoms with van der Waals surface area (Å²) in [7, 11) is -0.611. The number of carbonyl (C=O) groups excluding carboxylic acids is 3. The Balaban J connectivity index is 1.00. The summed E-state index contributed by atoms with van der Waals surface area (Å²) in [6, 6.07) is 22.0. The van der Waals surface area contributed by atoms with Crippen molar-refractivity contribution in [2.75, 3.05) is 63.8 Å². The molecule has 2 unspecified atom stereocenters. The van der Waals surface area contributed by atoms with Crippen LogP contribution in [0.3, 0.4) is 0 Å². The third kappa shape index (κ3) is 14.5. The van der Waals surface area contributed by atoms with E-state index in [4.69, 9.17) is 18.9 Å². The zero-order valence-electron chi connectivity index (χ0n) is 39.3. The maximum Gasteiger partial charge on any atom is 0.295 e. The smallest absolute Gasteiger partial charge is 0.295 e. The maximum atomic E-state index is 13.6. The van der Waals surface area contributed by atoms with Crippen molar-refractivity contribution in [1.82, 2.24) is 30.9 Å². The first-order valence-corrected chi connectivity index (χ1v) is 23.7. The Morgan fingerprint density at radius 3 is 2.24 bits per heavy atom. The summed E-state index contributed by atoms with van der Waals surface area (Å²) in [5.41, 5.74) is 1.20. The molecule has 5 aromatic rings. The van der Waals surface area contributed by atoms with Gasteiger partial charge in [-0.1, -0.05) is 29.5 Å². The zero-order valence-corrected chi connectivity index (χ0v) is 40.1. The molecular formula is C46H58N10O14S. The Morgan fingerprint density at radius 2 is 1.58 bits per heavy atom. The number of carbonyl (C=O) groups is 3. The van der Waals surface area contributed by atoms with E-state index in [1.165, 1.54) is 22.9 Å². The molecule has 0 bridgehead atoms. The van der Waals surface area contributed by atoms with Crippen molar-refractivity contribution in [2.45, 2.75) is 74.4 Å². The minimum Gasteiger partial charge on any atom is -0.394 e. The number of aliphatic hydroxyl groups is 4. The van der Waals surface area contributed by atoms with Crippen LogP contribution < -0.4 is 26.2 Å². The standard InChI is InChI=1S/C46H58N10O14S/c1-28(58)50-39-41(60)40(59)37(27-57)69-43(39)70-45(46(2,63)44(62)48-20-19-47-36-9-5-8-35-34(36)7-6-10-38(35)71(64,65)66)68-24-23-67-22-21-56-26-32(53-54-56)25-49-42(61)29-11-13-30(14-12-29)51-52-31-15-17-33(18-16-31)55(3)4/h5-18,26,37,39-41,43,45,47,57,59-60,63H,19-25,27H2,1-4H3,(H,48,62)(H,49,61)(H,50,58)(H,64,65,66)/t37-,39-,40-,41-,43+,45?,46?/m1/s1. The molecule has 1 aromatic heterocycles. The summed E-state index contributed by atoms with van der Waals surface area (Å²) in [5, 5.41) is 71.2. The Kier molecular flexibility index (Phi) is 18.6. The second kappa shape index (κ2) is 24.5. The molecule has 25 heteroatoms. The molecule has 1 aliphatic heterocycles. The van der Waals surface area contributed by atoms with Gasteiger partial charge < -0.3 is 65.5 Å². The lowest BCUT2D eigenvalue weighted by atomic mass is 9.96. The maximum absolute atomic E-state index is 13.6. The third-order valence-corrected chi connectivity index (χ3v) is 12.0. The van der Waals surface area contributed by atoms with Gasteiger partial charge in [-0.25, -0.2) is 4.68 Å². The predicted octanol–water partition coefficient (Wildman–Crippen LogP) is 1.39. The molecular weight excluding hydrogens is 949 g/mol. The van der Waals surface area contributed by atoms with E-state index in [-0.39, 0.29) is 62.2 Å². The van der Waals surface area contributed by atoms with E-state index < -0.39 is 71.1 Å². The molecule has 1 saturated heterocycles. The van der Waals surface area contributed by atoms with Crippen LogP contribution in [0.1, 0.15) is 29.9 Å². The lowest BCUT2D eigenvalue weighted by Gasteiger charge is -2.44. The van der Waals surface area contributed by atoms with Gasteiger partial charge >= 0.3 is 0 Å². The molecule has 24 nitrogen and oxygen atoms in total. The molecule has 0 saturated carbocycles. The number of anilines is 2. The largest absolute Gasteiger partial charge is 0.394 e. The van der Waals surface area contributed by atoms with E-state index in [9.17, 15) is 47.8 Å². The SMILES string of the molecule is CC(=O)N[C@H]1[C@H](OC(OCCOCCn2cc(CNC(=O)c3ccc(N=Nc4ccc(N(C)C)cc4)cc3)nn2)C(C)(O)C(=O)NCCNc2cccc3c(S(=O)(=O)O)cccc23)O[C@H](CO)[C@@H](O)[C@@H]1O. The summed E-state index contributed by atoms with van der Waals surface area (Å²) in [4.78, 5) is 40.3. The number of hydrogen-bond donors (Lipinski definition) is 9. The number of nitrogens with one attached hydrogen (secondary N) is 4. The normalized spacial score (nSPS) is 19.5. The molecule has 0 spiro atoms. The molecule has 4 aromatic carbocycles. The third-order valence-electron chi connectivity index (χ3n) is 11.1. The van der Waals surface area contributed by atoms with Crippen molar-refractivity contribution in [2.24, 2.45) is 10.2 Å². The lowest BCUT2D eigenvalue weighted by Crippen LogP contribution is -2.66. The number of benzene rings is 4. The molecule has 382 valence electrons. The topological polar surface area (TPSA) is 330 Å². The van der Waals surface area contributed by atoms with Crippen molar-refractivity contribution in [3.05, 3.63) is 102 Å². The highest BCUT2D eigenvalue weighted by atomic mass is 32.2. The number of rotatable bonds is 24. The fraction of sp³-hybridized carbons (Fsp3) is 0.413. The molecule has 1 aliphatic rings. The minimum atomic E-state index is -4.51. The van der Waals surface area contributed by atoms with E-state index in [1.807, 2.05) is 43.3 Å². The van der Waals surface area contributed by atoms with Gasteiger partial charge in [0.2, 0.25) is 5.91 Å². The van der Waals surface area contributed by atoms with Gasteiger partial charge in [-0.05, 0) is 67.6 Å². The van der Waals surface area contributed by atoms with Crippen LogP contribution in [0.5, 0.6) is 0 Å². The Hall–Kier alpha value is -6.52. The lowest BCUT2D eigenvalue weighted by molar-refractivity contribution is -0.336. The van der Waals surface area contributed by atoms with Crippen LogP contribution in [0, 0.1) is 0 Å². The first-order chi connectivity index (χ1) is 33.8. The van der Waals surface area contributed by atoms with Gasteiger partial charge in [-0.3, -0.25) is 18.9 Å². The molecule has 7 atom stereocenters. The summed E-state index contributed by atoms with van der Waals surface area (Å²) < 4.78 is 58.2. The number of amides is 3. The Morgan fingerprint density at radius 1 is 0.901 bits per heavy atom. The number of aliphatic hydroxyl groups excluding tert-OH is 3. The van der Waals surface area contributed by atoms with Gasteiger partial charge in [0.1, 0.15) is 34.9 Å². The zero-order chi connectivity index (χ0) is 51.3. The van der Waals surface area contributed by atoms with Crippen LogP contribution in [-0.2, 0) is 51.7 Å². The van der Waals surface area contributed by atoms with Gasteiger partial charge in [-0.15, -0.1) is 5.10 Å². The van der Waals surface area contributed by atoms with E-state index in [1.54, 1.807) is 48.7 Å². The predicted molar refractivity (Wildman–Crippen MR) is 255 cm³/mol. The first-order valence-electron chi connectivity index (χ1n) is 22.3. The van der Waals surface area contributed by atoms with Crippen molar-refractivity contribution in [3.63, 3.8) is 0 Å². The summed E-state index contributed by atoms with van der Waals surface area (Å²) in [6.45, 7) is 1.52. The van der Waals surface area contributed by atoms with Gasteiger partial charge in [0.05, 0.1) is 57.1 Å². The number of fused-ring (bicyclic) bond motifs is 1. The van der Waals surface area contributed by atoms with E-state index in [0.29, 0.717) is 33.7 Å². The van der Waals surface area contributed by atoms with Crippen LogP contribution in [0.2, 0.25) is 0 Å². The average molecular weight is 1010 g/mol. The highest BCUT2D eigenvalue weighted by Crippen LogP contribution is 2.30. The number of azo groups is 1. The van der Waals surface area contributed by atoms with E-state index in [0.717, 1.165) is 19.5 Å². The number of hydrogen-bond acceptors (Lipinski definition) is 19. The molecule has 6 rings (SSSR count). The second-order valence-electron chi connectivity index (χ2n) is 16.7. The van der Waals surface area contributed by atoms with E-state index >= 15 is 0 Å². The summed E-state index contributed by atoms with van der Waals surface area (Å²) in [6.07, 6.45) is -6.64. The second-order valence-corrected chi connectivity index (χ2v) is 18.0. The number of aromatic nitrogens is 3. The van der Waals surface area contributed by atoms with Crippen LogP contribution in [0.25, 0.3) is 10.8 Å². The summed E-state index contributed by atoms with van der Waals surface area (Å²) >= 11 is 0. The molecule has 3 amide bonds. The molecule has 0 radical (unpaired) electrons. The highest BCUT2D eigenvalue weighted by Gasteiger charge is 2.50. The molecule has 71 heavy (non-hydrogen) atoms. The molecule has 0 aliphatic carbocycles. The van der Waals surface area contributed by atoms with Crippen LogP contribution >= 0.6 is 0 Å². The number of ether oxygens (including phenoxy) is 4. The van der Waals surface area contributed by atoms with Gasteiger partial charge in [-0.2, -0.15) is 18.6 Å². The fourth-order valence-corrected chi connectivity index (χ4v) is 7.96. The monoisotopic (exact) mass is 1010 g/mol. The van der Waals surface area contributed by atoms with Crippen molar-refractivity contribution in [1.29, 1.82) is 0 Å². The number of nitrogens with zero attached hydrogens (tertiary/aromatic N) is 6. The van der Waals surface area contributed by atoms with Crippen molar-refractivity contribution in [3.8, 4) is 0 Å². The van der Waals surface area contributed by atoms with Gasteiger partial charge in [0.15, 0.2) is 18.2 Å². The average Bonchev–Trinajstić information content (AvgIpc) is 3.81. The van der Waals surface area contributed by atoms with Crippen molar-refractivity contribution >= 4 is 61.4 Å². The van der Waals surface area contributed by atoms with Crippen LogP contribution in [0.4, 0.5) is 22.7 Å². The Bertz CT molecular complexity index is 2720. The molecule has 9 N–H and O–H groups in total. The minimum absolute atomic E-state index is 0.0790. The quantitative estimate of drug-likeness (QED) is 0.0183. The Labute approximate surface area is 408 Å². The van der Waals surface area contributed by atoms with Gasteiger partial charge in [0, 0.05) is 61.8 Å². The highest BCUT2D eigenvalue weighted by molar-refractivity contribution is 7.86. The van der Waals surface area contributed by atoms with Crippen LogP contribution in [0.15, 0.2) is 106 Å². The van der Waals surface area contributed by atoms with Gasteiger partial charge in [0.25, 0.3) is 21.9 Å².